The molecule has 0 bridgehead atoms. The second kappa shape index (κ2) is 12.8. The second-order valence-electron chi connectivity index (χ2n) is 11.1. The maximum atomic E-state index is 13.2. The van der Waals surface area contributed by atoms with Crippen molar-refractivity contribution >= 4 is 21.6 Å². The predicted molar refractivity (Wildman–Crippen MR) is 157 cm³/mol. The average Bonchev–Trinajstić information content (AvgIpc) is 3.64. The highest BCUT2D eigenvalue weighted by molar-refractivity contribution is 7.18. The third kappa shape index (κ3) is 6.89. The number of aliphatic hydroxyl groups is 1. The van der Waals surface area contributed by atoms with Crippen molar-refractivity contribution in [1.29, 1.82) is 0 Å². The van der Waals surface area contributed by atoms with Gasteiger partial charge in [0.25, 0.3) is 0 Å². The molecule has 0 radical (unpaired) electrons. The van der Waals surface area contributed by atoms with Crippen LogP contribution in [0.1, 0.15) is 43.0 Å². The molecule has 2 aromatic heterocycles. The summed E-state index contributed by atoms with van der Waals surface area (Å²) in [5, 5.41) is 16.4. The Labute approximate surface area is 239 Å². The molecule has 2 aliphatic rings. The van der Waals surface area contributed by atoms with E-state index in [1.54, 1.807) is 12.1 Å². The highest BCUT2D eigenvalue weighted by atomic mass is 32.1. The van der Waals surface area contributed by atoms with Crippen molar-refractivity contribution in [2.45, 2.75) is 50.7 Å². The zero-order valence-electron chi connectivity index (χ0n) is 22.9. The van der Waals surface area contributed by atoms with Crippen LogP contribution in [0.5, 0.6) is 5.75 Å². The Morgan fingerprint density at radius 2 is 1.73 bits per heavy atom. The summed E-state index contributed by atoms with van der Waals surface area (Å²) in [7, 11) is 0. The molecule has 6 rings (SSSR count). The van der Waals surface area contributed by atoms with Gasteiger partial charge < -0.3 is 9.84 Å². The van der Waals surface area contributed by atoms with Gasteiger partial charge in [0.05, 0.1) is 28.0 Å². The molecule has 1 aliphatic heterocycles. The van der Waals surface area contributed by atoms with E-state index in [2.05, 4.69) is 21.0 Å². The predicted octanol–water partition coefficient (Wildman–Crippen LogP) is 5.40. The van der Waals surface area contributed by atoms with E-state index in [4.69, 9.17) is 9.72 Å². The molecule has 1 aliphatic carbocycles. The van der Waals surface area contributed by atoms with Crippen molar-refractivity contribution in [3.05, 3.63) is 65.7 Å². The fourth-order valence-corrected chi connectivity index (χ4v) is 6.92. The highest BCUT2D eigenvalue weighted by Crippen LogP contribution is 2.37. The van der Waals surface area contributed by atoms with Crippen molar-refractivity contribution in [3.8, 4) is 16.9 Å². The van der Waals surface area contributed by atoms with E-state index in [9.17, 15) is 9.50 Å². The van der Waals surface area contributed by atoms with E-state index in [0.29, 0.717) is 12.5 Å². The minimum Gasteiger partial charge on any atom is -0.491 e. The first kappa shape index (κ1) is 27.3. The zero-order valence-corrected chi connectivity index (χ0v) is 23.7. The van der Waals surface area contributed by atoms with Crippen LogP contribution >= 0.6 is 11.3 Å². The van der Waals surface area contributed by atoms with Crippen molar-refractivity contribution < 1.29 is 14.2 Å². The normalized spacial score (nSPS) is 18.4. The number of aliphatic hydroxyl groups excluding tert-OH is 1. The van der Waals surface area contributed by atoms with E-state index in [1.807, 2.05) is 40.5 Å². The first-order valence-corrected chi connectivity index (χ1v) is 15.4. The summed E-state index contributed by atoms with van der Waals surface area (Å²) in [5.41, 5.74) is 2.98. The van der Waals surface area contributed by atoms with Crippen molar-refractivity contribution in [2.75, 3.05) is 45.9 Å². The van der Waals surface area contributed by atoms with Crippen LogP contribution in [0.15, 0.2) is 54.9 Å². The van der Waals surface area contributed by atoms with Gasteiger partial charge in [-0.2, -0.15) is 5.10 Å². The van der Waals surface area contributed by atoms with Gasteiger partial charge in [-0.25, -0.2) is 9.37 Å². The van der Waals surface area contributed by atoms with Gasteiger partial charge in [0.15, 0.2) is 0 Å². The number of halogens is 1. The van der Waals surface area contributed by atoms with Crippen LogP contribution in [0.25, 0.3) is 21.3 Å². The number of hydrogen-bond donors (Lipinski definition) is 1. The van der Waals surface area contributed by atoms with E-state index in [0.717, 1.165) is 61.7 Å². The minimum atomic E-state index is -0.538. The molecular weight excluding hydrogens is 525 g/mol. The molecule has 4 aromatic rings. The number of hydrogen-bond acceptors (Lipinski definition) is 7. The molecule has 2 aromatic carbocycles. The molecule has 7 nitrogen and oxygen atoms in total. The first-order chi connectivity index (χ1) is 19.6. The van der Waals surface area contributed by atoms with Gasteiger partial charge in [-0.3, -0.25) is 14.5 Å². The number of ether oxygens (including phenoxy) is 1. The average molecular weight is 564 g/mol. The molecule has 1 atom stereocenters. The minimum absolute atomic E-state index is 0.230. The molecule has 0 spiro atoms. The van der Waals surface area contributed by atoms with Crippen LogP contribution < -0.4 is 4.74 Å². The molecule has 0 unspecified atom stereocenters. The summed E-state index contributed by atoms with van der Waals surface area (Å²) < 4.78 is 22.3. The lowest BCUT2D eigenvalue weighted by atomic mass is 9.90. The fraction of sp³-hybridized carbons (Fsp3) is 0.484. The lowest BCUT2D eigenvalue weighted by Crippen LogP contribution is -2.49. The largest absolute Gasteiger partial charge is 0.491 e. The molecule has 0 amide bonds. The zero-order chi connectivity index (χ0) is 27.3. The second-order valence-corrected chi connectivity index (χ2v) is 12.2. The molecule has 9 heteroatoms. The molecule has 212 valence electrons. The molecular formula is C31H38FN5O2S. The smallest absolute Gasteiger partial charge is 0.123 e. The van der Waals surface area contributed by atoms with Gasteiger partial charge in [-0.05, 0) is 42.7 Å². The van der Waals surface area contributed by atoms with E-state index in [-0.39, 0.29) is 12.4 Å². The monoisotopic (exact) mass is 563 g/mol. The molecule has 40 heavy (non-hydrogen) atoms. The Bertz CT molecular complexity index is 1380. The SMILES string of the molecule is O[C@@H](COc1ccc2sc(C3CCCCC3)nc2c1)CN1CCN(CCn2cc(-c3ccc(F)cc3)cn2)CC1. The van der Waals surface area contributed by atoms with Crippen molar-refractivity contribution in [2.24, 2.45) is 0 Å². The van der Waals surface area contributed by atoms with Crippen LogP contribution in [-0.2, 0) is 6.54 Å². The van der Waals surface area contributed by atoms with Crippen molar-refractivity contribution in [1.82, 2.24) is 24.6 Å². The topological polar surface area (TPSA) is 66.7 Å². The van der Waals surface area contributed by atoms with Gasteiger partial charge in [-0.1, -0.05) is 31.4 Å². The lowest BCUT2D eigenvalue weighted by Gasteiger charge is -2.35. The van der Waals surface area contributed by atoms with Gasteiger partial charge >= 0.3 is 0 Å². The molecule has 1 saturated carbocycles. The number of benzene rings is 2. The Kier molecular flexibility index (Phi) is 8.72. The van der Waals surface area contributed by atoms with Crippen LogP contribution in [0.4, 0.5) is 4.39 Å². The standard InChI is InChI=1S/C31H38FN5O2S/c32-26-8-6-23(7-9-26)25-19-33-37(20-25)17-16-35-12-14-36(15-13-35)21-27(38)22-39-28-10-11-30-29(18-28)34-31(40-30)24-4-2-1-3-5-24/h6-11,18-20,24,27,38H,1-5,12-17,21-22H2/t27-/m1/s1. The summed E-state index contributed by atoms with van der Waals surface area (Å²) in [5.74, 6) is 1.16. The van der Waals surface area contributed by atoms with Crippen molar-refractivity contribution in [3.63, 3.8) is 0 Å². The maximum Gasteiger partial charge on any atom is 0.123 e. The number of fused-ring (bicyclic) bond motifs is 1. The van der Waals surface area contributed by atoms with Gasteiger partial charge in [-0.15, -0.1) is 11.3 Å². The third-order valence-corrected chi connectivity index (χ3v) is 9.36. The lowest BCUT2D eigenvalue weighted by molar-refractivity contribution is 0.0453. The Morgan fingerprint density at radius 1 is 0.950 bits per heavy atom. The number of β-amino-alcohol motifs (C(OH)–C–C–N with tert-alkyl or cyclic N) is 1. The summed E-state index contributed by atoms with van der Waals surface area (Å²) >= 11 is 1.82. The highest BCUT2D eigenvalue weighted by Gasteiger charge is 2.21. The number of aromatic nitrogens is 3. The number of rotatable bonds is 10. The maximum absolute atomic E-state index is 13.2. The summed E-state index contributed by atoms with van der Waals surface area (Å²) in [6, 6.07) is 12.6. The summed E-state index contributed by atoms with van der Waals surface area (Å²) in [4.78, 5) is 9.67. The molecule has 1 N–H and O–H groups in total. The molecule has 2 fully saturated rings. The number of nitrogens with zero attached hydrogens (tertiary/aromatic N) is 5. The Morgan fingerprint density at radius 3 is 2.52 bits per heavy atom. The quantitative estimate of drug-likeness (QED) is 0.279. The molecule has 3 heterocycles. The van der Waals surface area contributed by atoms with Crippen LogP contribution in [0.3, 0.4) is 0 Å². The van der Waals surface area contributed by atoms with E-state index >= 15 is 0 Å². The number of thiazole rings is 1. The first-order valence-electron chi connectivity index (χ1n) is 14.5. The van der Waals surface area contributed by atoms with E-state index < -0.39 is 6.10 Å². The van der Waals surface area contributed by atoms with Crippen LogP contribution in [-0.4, -0.2) is 81.7 Å². The summed E-state index contributed by atoms with van der Waals surface area (Å²) in [6.07, 6.45) is 9.80. The summed E-state index contributed by atoms with van der Waals surface area (Å²) in [6.45, 7) is 6.39. The fourth-order valence-electron chi connectivity index (χ4n) is 5.80. The molecule has 1 saturated heterocycles. The van der Waals surface area contributed by atoms with Crippen LogP contribution in [0, 0.1) is 5.82 Å². The van der Waals surface area contributed by atoms with E-state index in [1.165, 1.54) is 53.9 Å². The Balaban J connectivity index is 0.914. The Hall–Kier alpha value is -2.85. The van der Waals surface area contributed by atoms with Gasteiger partial charge in [0, 0.05) is 63.0 Å². The van der Waals surface area contributed by atoms with Crippen LogP contribution in [0.2, 0.25) is 0 Å². The van der Waals surface area contributed by atoms with Gasteiger partial charge in [0.2, 0.25) is 0 Å². The third-order valence-electron chi connectivity index (χ3n) is 8.16. The van der Waals surface area contributed by atoms with Gasteiger partial charge in [0.1, 0.15) is 24.3 Å². The number of piperazine rings is 1.